The fourth-order valence-electron chi connectivity index (χ4n) is 5.88. The number of fused-ring (bicyclic) bond motifs is 1. The van der Waals surface area contributed by atoms with Crippen LogP contribution >= 0.6 is 0 Å². The molecule has 0 saturated carbocycles. The van der Waals surface area contributed by atoms with Gasteiger partial charge in [-0.1, -0.05) is 0 Å². The molecule has 2 fully saturated rings. The van der Waals surface area contributed by atoms with Crippen molar-refractivity contribution in [3.05, 3.63) is 5.82 Å². The van der Waals surface area contributed by atoms with E-state index in [0.29, 0.717) is 5.92 Å². The van der Waals surface area contributed by atoms with E-state index in [1.165, 1.54) is 61.0 Å². The van der Waals surface area contributed by atoms with Crippen LogP contribution in [0.15, 0.2) is 0 Å². The van der Waals surface area contributed by atoms with Crippen LogP contribution in [-0.2, 0) is 18.3 Å². The molecule has 4 heterocycles. The van der Waals surface area contributed by atoms with E-state index in [4.69, 9.17) is 19.7 Å². The quantitative estimate of drug-likeness (QED) is 0.291. The number of aromatic nitrogens is 4. The number of piperidine rings is 1. The Hall–Kier alpha value is -0.173. The zero-order valence-electron chi connectivity index (χ0n) is 26.8. The molecular formula is C31H56N6O2Sn2. The molecule has 230 valence electrons. The molecule has 1 N–H and O–H groups in total. The molecule has 2 aromatic rings. The summed E-state index contributed by atoms with van der Waals surface area (Å²) >= 11 is 0.373. The number of rotatable bonds is 13. The van der Waals surface area contributed by atoms with E-state index >= 15 is 0 Å². The van der Waals surface area contributed by atoms with E-state index in [1.54, 1.807) is 13.3 Å². The predicted molar refractivity (Wildman–Crippen MR) is 174 cm³/mol. The van der Waals surface area contributed by atoms with Gasteiger partial charge in [0.25, 0.3) is 0 Å². The maximum atomic E-state index is 10.3. The molecule has 2 aliphatic heterocycles. The number of hydrogen-bond acceptors (Lipinski definition) is 7. The molecule has 2 aliphatic rings. The average molecular weight is 782 g/mol. The SMILES string of the molecule is CCC[CH2][Sn]([CH2]CCC)[CH2]CCC.Cn1c(CN2CCC(C(C)(C)O)CC2)nc2c(N3CCOCC3)n[c]([Sn])nc21. The maximum absolute atomic E-state index is 10.3. The van der Waals surface area contributed by atoms with Gasteiger partial charge in [-0.25, -0.2) is 0 Å². The van der Waals surface area contributed by atoms with Crippen LogP contribution in [0.1, 0.15) is 91.8 Å². The Labute approximate surface area is 270 Å². The van der Waals surface area contributed by atoms with Crippen LogP contribution in [0.3, 0.4) is 0 Å². The minimum atomic E-state index is -0.839. The summed E-state index contributed by atoms with van der Waals surface area (Å²) in [4.78, 5) is 19.1. The summed E-state index contributed by atoms with van der Waals surface area (Å²) in [6.07, 6.45) is 10.9. The number of imidazole rings is 1. The van der Waals surface area contributed by atoms with Gasteiger partial charge in [0.2, 0.25) is 0 Å². The van der Waals surface area contributed by atoms with Gasteiger partial charge in [-0.15, -0.1) is 0 Å². The van der Waals surface area contributed by atoms with Gasteiger partial charge in [0.15, 0.2) is 0 Å². The van der Waals surface area contributed by atoms with E-state index in [-0.39, 0.29) is 0 Å². The normalized spacial score (nSPS) is 17.3. The zero-order valence-corrected chi connectivity index (χ0v) is 32.6. The number of hydrogen-bond donors (Lipinski definition) is 1. The molecule has 2 saturated heterocycles. The van der Waals surface area contributed by atoms with Crippen LogP contribution in [0, 0.1) is 5.92 Å². The molecule has 41 heavy (non-hydrogen) atoms. The van der Waals surface area contributed by atoms with Gasteiger partial charge >= 0.3 is 272 Å². The van der Waals surface area contributed by atoms with Gasteiger partial charge in [0.1, 0.15) is 0 Å². The fraction of sp³-hybridized carbons (Fsp3) is 0.839. The fourth-order valence-corrected chi connectivity index (χ4v) is 15.9. The number of aryl methyl sites for hydroxylation is 1. The molecule has 4 rings (SSSR count). The van der Waals surface area contributed by atoms with E-state index in [1.807, 2.05) is 13.8 Å². The molecule has 0 aromatic carbocycles. The standard InChI is InChI=1S/C19H29N6O2.3C4H9.2Sn/c1-19(2,26)14-4-6-24(7-5-14)12-15-22-16-17(23(15)3)20-13-21-18(16)25-8-10-27-11-9-25;3*1-3-4-2;;/h14,26H,4-12H2,1-3H3;3*1,3-4H2,2H3;;. The summed E-state index contributed by atoms with van der Waals surface area (Å²) in [6.45, 7) is 16.8. The number of unbranched alkanes of at least 4 members (excludes halogenated alkanes) is 3. The van der Waals surface area contributed by atoms with E-state index in [0.717, 1.165) is 85.4 Å². The zero-order chi connectivity index (χ0) is 29.8. The number of anilines is 1. The van der Waals surface area contributed by atoms with Crippen molar-refractivity contribution in [3.63, 3.8) is 0 Å². The van der Waals surface area contributed by atoms with Gasteiger partial charge in [-0.2, -0.15) is 0 Å². The number of morpholine rings is 1. The van der Waals surface area contributed by atoms with E-state index < -0.39 is 25.4 Å². The van der Waals surface area contributed by atoms with Crippen LogP contribution in [0.5, 0.6) is 0 Å². The van der Waals surface area contributed by atoms with Crippen LogP contribution in [0.4, 0.5) is 5.82 Å². The van der Waals surface area contributed by atoms with Gasteiger partial charge < -0.3 is 0 Å². The second-order valence-electron chi connectivity index (χ2n) is 12.5. The summed E-state index contributed by atoms with van der Waals surface area (Å²) in [7, 11) is 2.06. The molecule has 10 heteroatoms. The molecule has 0 unspecified atom stereocenters. The molecule has 0 bridgehead atoms. The first-order valence-electron chi connectivity index (χ1n) is 16.2. The third kappa shape index (κ3) is 11.0. The Morgan fingerprint density at radius 2 is 1.46 bits per heavy atom. The topological polar surface area (TPSA) is 79.5 Å². The minimum absolute atomic E-state index is 0.369. The Kier molecular flexibility index (Phi) is 15.5. The third-order valence-corrected chi connectivity index (χ3v) is 18.4. The van der Waals surface area contributed by atoms with E-state index in [2.05, 4.69) is 42.2 Å². The Morgan fingerprint density at radius 1 is 0.902 bits per heavy atom. The van der Waals surface area contributed by atoms with Gasteiger partial charge in [-0.05, 0) is 0 Å². The number of ether oxygens (including phenoxy) is 1. The van der Waals surface area contributed by atoms with Gasteiger partial charge in [0.05, 0.1) is 0 Å². The summed E-state index contributed by atoms with van der Waals surface area (Å²) < 4.78 is 13.5. The summed E-state index contributed by atoms with van der Waals surface area (Å²) in [6, 6.07) is 0. The van der Waals surface area contributed by atoms with Gasteiger partial charge in [-0.3, -0.25) is 0 Å². The molecular weight excluding hydrogens is 726 g/mol. The Morgan fingerprint density at radius 3 is 1.98 bits per heavy atom. The van der Waals surface area contributed by atoms with Crippen molar-refractivity contribution in [1.82, 2.24) is 24.4 Å². The molecule has 0 atom stereocenters. The molecule has 4 radical (unpaired) electrons. The Balaban J connectivity index is 0.000000302. The molecule has 8 nitrogen and oxygen atoms in total. The van der Waals surface area contributed by atoms with Crippen LogP contribution in [0.25, 0.3) is 11.2 Å². The van der Waals surface area contributed by atoms with Crippen LogP contribution in [-0.4, -0.2) is 117 Å². The monoisotopic (exact) mass is 784 g/mol. The van der Waals surface area contributed by atoms with Gasteiger partial charge in [0, 0.05) is 0 Å². The van der Waals surface area contributed by atoms with Crippen molar-refractivity contribution in [1.29, 1.82) is 0 Å². The number of likely N-dealkylation sites (tertiary alicyclic amines) is 1. The van der Waals surface area contributed by atoms with Crippen LogP contribution in [0.2, 0.25) is 13.3 Å². The Bertz CT molecular complexity index is 1010. The van der Waals surface area contributed by atoms with Crippen molar-refractivity contribution in [2.24, 2.45) is 13.0 Å². The first-order valence-corrected chi connectivity index (χ1v) is 23.7. The van der Waals surface area contributed by atoms with Crippen molar-refractivity contribution >= 4 is 63.1 Å². The first-order chi connectivity index (χ1) is 19.7. The van der Waals surface area contributed by atoms with Crippen molar-refractivity contribution < 1.29 is 9.84 Å². The first kappa shape index (κ1) is 35.3. The number of aliphatic hydroxyl groups is 1. The summed E-state index contributed by atoms with van der Waals surface area (Å²) in [5, 5.41) is 10.3. The van der Waals surface area contributed by atoms with Crippen molar-refractivity contribution in [3.8, 4) is 0 Å². The molecule has 0 amide bonds. The van der Waals surface area contributed by atoms with Crippen molar-refractivity contribution in [2.75, 3.05) is 44.3 Å². The summed E-state index contributed by atoms with van der Waals surface area (Å²) in [5.41, 5.74) is 1.23. The molecule has 0 spiro atoms. The predicted octanol–water partition coefficient (Wildman–Crippen LogP) is 4.86. The summed E-state index contributed by atoms with van der Waals surface area (Å²) in [5.74, 6) is 2.35. The van der Waals surface area contributed by atoms with Crippen molar-refractivity contribution in [2.45, 2.75) is 111 Å². The molecule has 2 aromatic heterocycles. The second kappa shape index (κ2) is 18.0. The molecule has 0 aliphatic carbocycles. The second-order valence-corrected chi connectivity index (χ2v) is 22.3. The van der Waals surface area contributed by atoms with E-state index in [9.17, 15) is 5.11 Å². The average Bonchev–Trinajstić information content (AvgIpc) is 3.27. The third-order valence-electron chi connectivity index (χ3n) is 8.71. The number of nitrogens with zero attached hydrogens (tertiary/aromatic N) is 6. The van der Waals surface area contributed by atoms with Crippen LogP contribution < -0.4 is 8.74 Å².